The van der Waals surface area contributed by atoms with Gasteiger partial charge in [-0.05, 0) is 19.8 Å². The normalized spacial score (nSPS) is 28.5. The number of imide groups is 1. The van der Waals surface area contributed by atoms with Crippen LogP contribution in [0.1, 0.15) is 33.1 Å². The van der Waals surface area contributed by atoms with Gasteiger partial charge in [0.2, 0.25) is 0 Å². The van der Waals surface area contributed by atoms with Gasteiger partial charge in [-0.25, -0.2) is 4.79 Å². The van der Waals surface area contributed by atoms with E-state index >= 15 is 0 Å². The quantitative estimate of drug-likeness (QED) is 0.694. The number of carbonyl (C=O) groups excluding carboxylic acids is 2. The first kappa shape index (κ1) is 9.03. The fraction of sp³-hybridized carbons (Fsp3) is 0.750. The second kappa shape index (κ2) is 3.13. The van der Waals surface area contributed by atoms with E-state index in [9.17, 15) is 9.59 Å². The fourth-order valence-corrected chi connectivity index (χ4v) is 1.18. The molecule has 0 saturated carbocycles. The van der Waals surface area contributed by atoms with Crippen molar-refractivity contribution in [2.75, 3.05) is 0 Å². The average Bonchev–Trinajstić information content (AvgIpc) is 2.23. The molecule has 4 nitrogen and oxygen atoms in total. The molecule has 0 aromatic carbocycles. The lowest BCUT2D eigenvalue weighted by molar-refractivity contribution is -0.130. The van der Waals surface area contributed by atoms with Crippen LogP contribution in [0.5, 0.6) is 0 Å². The Morgan fingerprint density at radius 2 is 2.17 bits per heavy atom. The molecule has 0 aromatic heterocycles. The first-order valence-corrected chi connectivity index (χ1v) is 4.13. The summed E-state index contributed by atoms with van der Waals surface area (Å²) in [6, 6.07) is 0. The standard InChI is InChI=1S/C8H13NO3/c1-3-4-5-8(2)6(10)9-7(11)12-8/h3-5H2,1-2H3,(H,9,10,11). The Hall–Kier alpha value is -1.06. The Bertz CT molecular complexity index is 214. The molecule has 0 radical (unpaired) electrons. The number of ether oxygens (including phenoxy) is 1. The highest BCUT2D eigenvalue weighted by molar-refractivity contribution is 6.02. The van der Waals surface area contributed by atoms with Gasteiger partial charge >= 0.3 is 6.09 Å². The van der Waals surface area contributed by atoms with E-state index in [2.05, 4.69) is 5.32 Å². The molecular weight excluding hydrogens is 158 g/mol. The van der Waals surface area contributed by atoms with Crippen LogP contribution in [-0.4, -0.2) is 17.6 Å². The van der Waals surface area contributed by atoms with E-state index in [1.54, 1.807) is 6.92 Å². The molecule has 12 heavy (non-hydrogen) atoms. The summed E-state index contributed by atoms with van der Waals surface area (Å²) in [6.07, 6.45) is 1.84. The number of hydrogen-bond acceptors (Lipinski definition) is 3. The number of rotatable bonds is 3. The topological polar surface area (TPSA) is 55.4 Å². The molecule has 68 valence electrons. The van der Waals surface area contributed by atoms with Crippen LogP contribution in [-0.2, 0) is 9.53 Å². The van der Waals surface area contributed by atoms with Crippen LogP contribution in [0.4, 0.5) is 4.79 Å². The molecule has 0 bridgehead atoms. The Morgan fingerprint density at radius 3 is 2.58 bits per heavy atom. The molecular formula is C8H13NO3. The van der Waals surface area contributed by atoms with E-state index in [4.69, 9.17) is 4.74 Å². The predicted molar refractivity (Wildman–Crippen MR) is 42.6 cm³/mol. The number of amides is 2. The maximum atomic E-state index is 11.2. The second-order valence-electron chi connectivity index (χ2n) is 3.18. The number of hydrogen-bond donors (Lipinski definition) is 1. The minimum absolute atomic E-state index is 0.319. The third kappa shape index (κ3) is 1.57. The molecule has 0 spiro atoms. The van der Waals surface area contributed by atoms with E-state index < -0.39 is 11.7 Å². The Balaban J connectivity index is 2.58. The molecule has 2 amide bonds. The minimum atomic E-state index is -0.924. The van der Waals surface area contributed by atoms with Crippen molar-refractivity contribution in [3.05, 3.63) is 0 Å². The number of carbonyl (C=O) groups is 2. The monoisotopic (exact) mass is 171 g/mol. The van der Waals surface area contributed by atoms with Gasteiger partial charge < -0.3 is 4.74 Å². The smallest absolute Gasteiger partial charge is 0.415 e. The largest absolute Gasteiger partial charge is 0.433 e. The lowest BCUT2D eigenvalue weighted by atomic mass is 9.99. The van der Waals surface area contributed by atoms with Crippen molar-refractivity contribution >= 4 is 12.0 Å². The van der Waals surface area contributed by atoms with E-state index in [-0.39, 0.29) is 5.91 Å². The molecule has 1 aliphatic heterocycles. The van der Waals surface area contributed by atoms with Gasteiger partial charge in [-0.1, -0.05) is 13.3 Å². The summed E-state index contributed by atoms with van der Waals surface area (Å²) in [5.41, 5.74) is -0.924. The molecule has 1 heterocycles. The van der Waals surface area contributed by atoms with Crippen molar-refractivity contribution in [2.24, 2.45) is 0 Å². The van der Waals surface area contributed by atoms with Crippen LogP contribution >= 0.6 is 0 Å². The van der Waals surface area contributed by atoms with Gasteiger partial charge in [-0.2, -0.15) is 0 Å². The predicted octanol–water partition coefficient (Wildman–Crippen LogP) is 1.20. The van der Waals surface area contributed by atoms with Crippen molar-refractivity contribution in [1.29, 1.82) is 0 Å². The molecule has 0 aromatic rings. The molecule has 0 aliphatic carbocycles. The zero-order valence-corrected chi connectivity index (χ0v) is 7.35. The fourth-order valence-electron chi connectivity index (χ4n) is 1.18. The van der Waals surface area contributed by atoms with Gasteiger partial charge in [0.05, 0.1) is 0 Å². The Kier molecular flexibility index (Phi) is 2.35. The maximum absolute atomic E-state index is 11.2. The number of nitrogens with one attached hydrogen (secondary N) is 1. The molecule has 1 N–H and O–H groups in total. The summed E-state index contributed by atoms with van der Waals surface area (Å²) < 4.78 is 4.86. The molecule has 1 saturated heterocycles. The summed E-state index contributed by atoms with van der Waals surface area (Å²) in [5, 5.41) is 2.12. The SMILES string of the molecule is CCCCC1(C)OC(=O)NC1=O. The zero-order chi connectivity index (χ0) is 9.19. The van der Waals surface area contributed by atoms with Crippen LogP contribution in [0.2, 0.25) is 0 Å². The molecule has 1 atom stereocenters. The Morgan fingerprint density at radius 1 is 1.50 bits per heavy atom. The van der Waals surface area contributed by atoms with Crippen LogP contribution < -0.4 is 5.32 Å². The molecule has 1 aliphatic rings. The molecule has 1 unspecified atom stereocenters. The lowest BCUT2D eigenvalue weighted by Crippen LogP contribution is -2.35. The summed E-state index contributed by atoms with van der Waals surface area (Å²) >= 11 is 0. The maximum Gasteiger partial charge on any atom is 0.415 e. The third-order valence-electron chi connectivity index (χ3n) is 2.02. The van der Waals surface area contributed by atoms with Gasteiger partial charge in [-0.15, -0.1) is 0 Å². The summed E-state index contributed by atoms with van der Waals surface area (Å²) in [7, 11) is 0. The molecule has 4 heteroatoms. The first-order valence-electron chi connectivity index (χ1n) is 4.13. The number of unbranched alkanes of at least 4 members (excludes halogenated alkanes) is 1. The van der Waals surface area contributed by atoms with Crippen molar-refractivity contribution in [2.45, 2.75) is 38.7 Å². The summed E-state index contributed by atoms with van der Waals surface area (Å²) in [6.45, 7) is 3.67. The first-order chi connectivity index (χ1) is 5.58. The van der Waals surface area contributed by atoms with Crippen LogP contribution in [0, 0.1) is 0 Å². The van der Waals surface area contributed by atoms with Crippen molar-refractivity contribution in [3.8, 4) is 0 Å². The van der Waals surface area contributed by atoms with Gasteiger partial charge in [-0.3, -0.25) is 10.1 Å². The van der Waals surface area contributed by atoms with Crippen molar-refractivity contribution in [1.82, 2.24) is 5.32 Å². The highest BCUT2D eigenvalue weighted by Gasteiger charge is 2.43. The van der Waals surface area contributed by atoms with E-state index in [1.807, 2.05) is 6.92 Å². The molecule has 1 rings (SSSR count). The van der Waals surface area contributed by atoms with E-state index in [0.29, 0.717) is 6.42 Å². The third-order valence-corrected chi connectivity index (χ3v) is 2.02. The second-order valence-corrected chi connectivity index (χ2v) is 3.18. The van der Waals surface area contributed by atoms with Gasteiger partial charge in [0, 0.05) is 0 Å². The van der Waals surface area contributed by atoms with Crippen LogP contribution in [0.25, 0.3) is 0 Å². The average molecular weight is 171 g/mol. The lowest BCUT2D eigenvalue weighted by Gasteiger charge is -2.17. The summed E-state index contributed by atoms with van der Waals surface area (Å²) in [4.78, 5) is 21.8. The van der Waals surface area contributed by atoms with Crippen molar-refractivity contribution < 1.29 is 14.3 Å². The summed E-state index contributed by atoms with van der Waals surface area (Å²) in [5.74, 6) is -0.319. The van der Waals surface area contributed by atoms with Gasteiger partial charge in [0.1, 0.15) is 0 Å². The van der Waals surface area contributed by atoms with Crippen LogP contribution in [0.3, 0.4) is 0 Å². The van der Waals surface area contributed by atoms with Crippen molar-refractivity contribution in [3.63, 3.8) is 0 Å². The van der Waals surface area contributed by atoms with E-state index in [1.165, 1.54) is 0 Å². The zero-order valence-electron chi connectivity index (χ0n) is 7.35. The minimum Gasteiger partial charge on any atom is -0.433 e. The number of cyclic esters (lactones) is 1. The molecule has 1 fully saturated rings. The van der Waals surface area contributed by atoms with E-state index in [0.717, 1.165) is 12.8 Å². The highest BCUT2D eigenvalue weighted by Crippen LogP contribution is 2.23. The van der Waals surface area contributed by atoms with Gasteiger partial charge in [0.15, 0.2) is 5.60 Å². The highest BCUT2D eigenvalue weighted by atomic mass is 16.6. The van der Waals surface area contributed by atoms with Crippen LogP contribution in [0.15, 0.2) is 0 Å². The number of alkyl carbamates (subject to hydrolysis) is 1. The van der Waals surface area contributed by atoms with Gasteiger partial charge in [0.25, 0.3) is 5.91 Å². The Labute approximate surface area is 71.3 Å².